The van der Waals surface area contributed by atoms with Crippen molar-refractivity contribution in [1.82, 2.24) is 65.1 Å². The van der Waals surface area contributed by atoms with Crippen LogP contribution in [0, 0.1) is 42.9 Å². The van der Waals surface area contributed by atoms with E-state index in [-0.39, 0.29) is 168 Å². The van der Waals surface area contributed by atoms with Crippen LogP contribution in [-0.4, -0.2) is 280 Å². The van der Waals surface area contributed by atoms with Crippen LogP contribution in [0.15, 0.2) is 176 Å². The van der Waals surface area contributed by atoms with Gasteiger partial charge in [-0.1, -0.05) is 140 Å². The second-order valence-corrected chi connectivity index (χ2v) is 25.8. The quantitative estimate of drug-likeness (QED) is 0.0101. The maximum absolute atomic E-state index is 11.6. The SMILES string of the molecule is C=O.CCn1cc(CN(Cc2ccccc2)CC(CO)[C@@H](O)CO)c2ncnc(OC)c21.CCn1cc(OC)c2ncnc(OC)c21.Cl.O=c1[nH]cnc2c1CC=C2CNCC(CO)[C@@H](O)CO.OC/C=C\CO.OCC(CNCc1ccccc1)[C@@H](O)CO.OCC1CN(Cc2ccccc2)OC1CO.ONCc1ccccc1.[B].[C-]#N.[CH3-].[Na+].[Pd]. The van der Waals surface area contributed by atoms with E-state index >= 15 is 0 Å². The van der Waals surface area contributed by atoms with Crippen LogP contribution >= 0.6 is 12.4 Å². The number of allylic oxidation sites excluding steroid dienone is 1. The molecule has 11 rings (SSSR count). The first-order valence-corrected chi connectivity index (χ1v) is 37.5. The first-order chi connectivity index (χ1) is 56.5. The van der Waals surface area contributed by atoms with E-state index in [4.69, 9.17) is 81.7 Å². The molecule has 0 spiro atoms. The van der Waals surface area contributed by atoms with Crippen molar-refractivity contribution < 1.29 is 145 Å². The molecule has 5 unspecified atom stereocenters. The second-order valence-electron chi connectivity index (χ2n) is 25.8. The Kier molecular flexibility index (Phi) is 68.5. The third-order valence-electron chi connectivity index (χ3n) is 18.1. The number of aromatic nitrogens is 8. The number of H-pyrrole nitrogens is 1. The topological polar surface area (TPSA) is 511 Å². The number of nitrogens with one attached hydrogen (secondary N) is 4. The van der Waals surface area contributed by atoms with Crippen molar-refractivity contribution in [1.29, 1.82) is 5.26 Å². The standard InChI is InChI=1S/C22H30N4O4.C13H19N3O4.C12H17NO3.C12H19NO3.C10H13N3O2.C7H9NO.C4H8O2.CN.CH2O.CH3.B.ClH.Na.Pd/c1-3-26-12-17(20-21(26)22(30-2)24-15-23-20)10-25(9-16-7-5-4-6-8-16)11-18(13-27)19(29)14-28;17-5-9(11(19)6-18)4-14-3-8-1-2-10-12(8)15-7-16-13(10)20;14-8-11-7-13(16-12(11)9-15)6-10-4-2-1-3-5-10;14-8-11(12(16)9-15)7-13-6-10-4-2-1-3-5-10;1-4-13-5-7(14-2)8-9(13)10(15-3)12-6-11-8;9-8-6-7-4-2-1-3-5-7;5-3-1-2-4-6;2*1-2;;;;;/h4-8,12,15,18-19,27-29H,3,9-11,13-14H2,1-2H3;1,7,9,11,14,17-19H,2-6H2,(H,15,16,20);1-5,11-12,14-15H,6-9H2;1-5,11-16H,6-9H2;5-6H,4H2,1-3H3;1-5,8-9H,6H2;1-2,5-6H,3-4H2;;1H2;1H3;;1H;;/q;;;;;;;-1;;-1;;;+1;/b;;;;;;2-1-;;;;;;;/t18?,19-;9?,11-;;11?,12-;;;;;;;;;;/m00.0........../s1. The van der Waals surface area contributed by atoms with Gasteiger partial charge in [0.1, 0.15) is 47.6 Å². The molecule has 1 aliphatic carbocycles. The summed E-state index contributed by atoms with van der Waals surface area (Å²) in [5.41, 5.74) is 13.1. The number of aryl methyl sites for hydroxylation is 2. The van der Waals surface area contributed by atoms with Crippen LogP contribution in [0.3, 0.4) is 0 Å². The zero-order chi connectivity index (χ0) is 85.4. The van der Waals surface area contributed by atoms with Gasteiger partial charge in [0.25, 0.3) is 5.56 Å². The van der Waals surface area contributed by atoms with Crippen molar-refractivity contribution >= 4 is 55.2 Å². The molecule has 1 fully saturated rings. The van der Waals surface area contributed by atoms with Gasteiger partial charge in [0, 0.05) is 181 Å². The zero-order valence-corrected chi connectivity index (χ0v) is 74.1. The molecule has 38 heteroatoms. The van der Waals surface area contributed by atoms with Gasteiger partial charge in [-0.15, -0.1) is 12.4 Å². The Labute approximate surface area is 752 Å². The van der Waals surface area contributed by atoms with Crippen molar-refractivity contribution in [2.75, 3.05) is 120 Å². The largest absolute Gasteiger partial charge is 1.00 e. The summed E-state index contributed by atoms with van der Waals surface area (Å²) in [6.07, 6.45) is 10.7. The molecule has 665 valence electrons. The number of rotatable bonds is 36. The van der Waals surface area contributed by atoms with Crippen molar-refractivity contribution in [2.45, 2.75) is 90.5 Å². The summed E-state index contributed by atoms with van der Waals surface area (Å²) >= 11 is 0. The molecule has 6 heterocycles. The minimum atomic E-state index is -0.979. The number of halogens is 1. The van der Waals surface area contributed by atoms with E-state index in [1.165, 1.54) is 31.1 Å². The molecule has 4 aromatic carbocycles. The second kappa shape index (κ2) is 70.6. The summed E-state index contributed by atoms with van der Waals surface area (Å²) in [5, 5.41) is 141. The third kappa shape index (κ3) is 40.6. The first-order valence-electron chi connectivity index (χ1n) is 37.5. The van der Waals surface area contributed by atoms with Gasteiger partial charge in [-0.3, -0.25) is 14.5 Å². The van der Waals surface area contributed by atoms with E-state index in [0.29, 0.717) is 94.9 Å². The number of hydroxylamine groups is 3. The van der Waals surface area contributed by atoms with Crippen LogP contribution in [0.4, 0.5) is 0 Å². The Balaban J connectivity index is -0.00000138. The molecular weight excluding hydrogens is 1690 g/mol. The van der Waals surface area contributed by atoms with E-state index in [9.17, 15) is 30.3 Å². The van der Waals surface area contributed by atoms with Crippen molar-refractivity contribution in [2.24, 2.45) is 23.7 Å². The van der Waals surface area contributed by atoms with Crippen LogP contribution in [0.1, 0.15) is 52.9 Å². The molecule has 34 nitrogen and oxygen atoms in total. The van der Waals surface area contributed by atoms with Crippen molar-refractivity contribution in [3.63, 3.8) is 0 Å². The number of methoxy groups -OCH3 is 3. The van der Waals surface area contributed by atoms with Gasteiger partial charge in [0.15, 0.2) is 5.75 Å². The van der Waals surface area contributed by atoms with Crippen LogP contribution < -0.4 is 65.4 Å². The van der Waals surface area contributed by atoms with Gasteiger partial charge in [-0.2, -0.15) is 15.0 Å². The molecule has 1 saturated heterocycles. The molecule has 0 saturated carbocycles. The number of nitrogens with zero attached hydrogens (tertiary/aromatic N) is 10. The third-order valence-corrected chi connectivity index (χ3v) is 18.1. The number of fused-ring (bicyclic) bond motifs is 3. The van der Waals surface area contributed by atoms with Gasteiger partial charge in [0.2, 0.25) is 11.8 Å². The van der Waals surface area contributed by atoms with Crippen molar-refractivity contribution in [3.8, 4) is 17.5 Å². The summed E-state index contributed by atoms with van der Waals surface area (Å²) < 4.78 is 19.9. The summed E-state index contributed by atoms with van der Waals surface area (Å²) in [7, 11) is 4.82. The molecule has 18 N–H and O–H groups in total. The average molecular weight is 1810 g/mol. The summed E-state index contributed by atoms with van der Waals surface area (Å²) in [6, 6.07) is 39.6. The predicted molar refractivity (Wildman–Crippen MR) is 454 cm³/mol. The maximum atomic E-state index is 11.6. The molecular formula is C83H121BClN14NaO20Pd-. The van der Waals surface area contributed by atoms with Gasteiger partial charge < -0.3 is 135 Å². The number of aliphatic hydroxyl groups excluding tert-OH is 13. The van der Waals surface area contributed by atoms with Crippen LogP contribution in [0.5, 0.6) is 17.5 Å². The van der Waals surface area contributed by atoms with Crippen LogP contribution in [0.2, 0.25) is 0 Å². The molecule has 3 radical (unpaired) electrons. The molecule has 9 aromatic rings. The van der Waals surface area contributed by atoms with E-state index in [2.05, 4.69) is 68.6 Å². The summed E-state index contributed by atoms with van der Waals surface area (Å²) in [6.45, 7) is 16.3. The summed E-state index contributed by atoms with van der Waals surface area (Å²) in [5.74, 6) is 0.655. The molecule has 2 aliphatic rings. The fourth-order valence-electron chi connectivity index (χ4n) is 11.8. The van der Waals surface area contributed by atoms with Gasteiger partial charge in [-0.05, 0) is 48.1 Å². The van der Waals surface area contributed by atoms with E-state index in [1.807, 2.05) is 152 Å². The monoisotopic (exact) mass is 1810 g/mol. The fraction of sp³-hybridized carbons (Fsp3) is 0.434. The number of aromatic amines is 1. The Morgan fingerprint density at radius 3 is 1.50 bits per heavy atom. The van der Waals surface area contributed by atoms with Gasteiger partial charge in [-0.25, -0.2) is 20.4 Å². The molecule has 1 aliphatic heterocycles. The number of hydrogen-bond donors (Lipinski definition) is 18. The first kappa shape index (κ1) is 117. The number of ether oxygens (including phenoxy) is 3. The van der Waals surface area contributed by atoms with E-state index in [0.717, 1.165) is 74.3 Å². The molecule has 121 heavy (non-hydrogen) atoms. The predicted octanol–water partition coefficient (Wildman–Crippen LogP) is -0.609. The van der Waals surface area contributed by atoms with Gasteiger partial charge in [0.05, 0.1) is 91.3 Å². The minimum Gasteiger partial charge on any atom is -0.512 e. The maximum Gasteiger partial charge on any atom is 1.00 e. The number of carbonyl (C=O) groups excluding carboxylic acids is 1. The minimum absolute atomic E-state index is 0. The number of hydrogen-bond acceptors (Lipinski definition) is 31. The molecule has 5 aromatic heterocycles. The van der Waals surface area contributed by atoms with Crippen LogP contribution in [0.25, 0.3) is 27.6 Å². The Bertz CT molecular complexity index is 4190. The summed E-state index contributed by atoms with van der Waals surface area (Å²) in [4.78, 5) is 51.0. The molecule has 8 atom stereocenters. The Morgan fingerprint density at radius 1 is 0.612 bits per heavy atom. The van der Waals surface area contributed by atoms with Crippen LogP contribution in [-0.2, 0) is 82.3 Å². The fourth-order valence-corrected chi connectivity index (χ4v) is 11.8. The van der Waals surface area contributed by atoms with Crippen molar-refractivity contribution in [3.05, 3.63) is 234 Å². The van der Waals surface area contributed by atoms with E-state index < -0.39 is 30.1 Å². The zero-order valence-electron chi connectivity index (χ0n) is 69.7. The molecule has 0 amide bonds. The molecule has 0 bridgehead atoms. The van der Waals surface area contributed by atoms with E-state index in [1.54, 1.807) is 26.4 Å². The smallest absolute Gasteiger partial charge is 0.512 e. The van der Waals surface area contributed by atoms with Gasteiger partial charge >= 0.3 is 29.6 Å². The normalized spacial score (nSPS) is 14.1. The Hall–Kier alpha value is -7.74. The number of aliphatic hydroxyl groups is 13. The number of carbonyl (C=O) groups is 1. The Morgan fingerprint density at radius 2 is 1.07 bits per heavy atom. The average Bonchev–Trinajstić information content (AvgIpc) is 1.66. The number of benzene rings is 4.